The highest BCUT2D eigenvalue weighted by molar-refractivity contribution is 8.00. The Hall–Kier alpha value is -2.87. The van der Waals surface area contributed by atoms with Crippen LogP contribution in [0.3, 0.4) is 0 Å². The Labute approximate surface area is 142 Å². The number of nitrogens with one attached hydrogen (secondary N) is 1. The lowest BCUT2D eigenvalue weighted by Crippen LogP contribution is -2.22. The molecule has 0 aliphatic rings. The highest BCUT2D eigenvalue weighted by Crippen LogP contribution is 2.23. The van der Waals surface area contributed by atoms with Gasteiger partial charge in [0.2, 0.25) is 0 Å². The molecule has 0 aromatic heterocycles. The first-order valence-corrected chi connectivity index (χ1v) is 7.91. The first-order chi connectivity index (χ1) is 11.6. The van der Waals surface area contributed by atoms with Gasteiger partial charge in [-0.15, -0.1) is 11.8 Å². The standard InChI is InChI=1S/C16H14N2O5S/c19-15(17-13-8-4-5-9-14(13)18(21)22)10-23-16(20)11-24-12-6-2-1-3-7-12/h1-9H,10-11H2,(H,17,19). The second-order valence-corrected chi connectivity index (χ2v) is 5.63. The molecule has 2 rings (SSSR count). The molecule has 24 heavy (non-hydrogen) atoms. The van der Waals surface area contributed by atoms with Crippen LogP contribution in [0.15, 0.2) is 59.5 Å². The molecule has 0 spiro atoms. The third-order valence-electron chi connectivity index (χ3n) is 2.84. The smallest absolute Gasteiger partial charge is 0.316 e. The minimum absolute atomic E-state index is 0.0576. The van der Waals surface area contributed by atoms with Crippen LogP contribution in [0.25, 0.3) is 0 Å². The van der Waals surface area contributed by atoms with Crippen molar-refractivity contribution in [2.45, 2.75) is 4.90 Å². The summed E-state index contributed by atoms with van der Waals surface area (Å²) in [5.74, 6) is -1.10. The number of thioether (sulfide) groups is 1. The van der Waals surface area contributed by atoms with Gasteiger partial charge in [0.25, 0.3) is 11.6 Å². The average Bonchev–Trinajstić information content (AvgIpc) is 2.59. The summed E-state index contributed by atoms with van der Waals surface area (Å²) in [4.78, 5) is 34.5. The first-order valence-electron chi connectivity index (χ1n) is 6.93. The van der Waals surface area contributed by atoms with Crippen molar-refractivity contribution in [3.8, 4) is 0 Å². The zero-order valence-corrected chi connectivity index (χ0v) is 13.3. The average molecular weight is 346 g/mol. The molecule has 1 N–H and O–H groups in total. The van der Waals surface area contributed by atoms with Gasteiger partial charge >= 0.3 is 5.97 Å². The van der Waals surface area contributed by atoms with Crippen LogP contribution in [0.1, 0.15) is 0 Å². The Morgan fingerprint density at radius 2 is 1.75 bits per heavy atom. The minimum Gasteiger partial charge on any atom is -0.455 e. The van der Waals surface area contributed by atoms with Crippen LogP contribution < -0.4 is 5.32 Å². The van der Waals surface area contributed by atoms with E-state index < -0.39 is 23.4 Å². The number of rotatable bonds is 7. The van der Waals surface area contributed by atoms with Crippen LogP contribution in [0, 0.1) is 10.1 Å². The van der Waals surface area contributed by atoms with E-state index in [4.69, 9.17) is 4.74 Å². The number of anilines is 1. The largest absolute Gasteiger partial charge is 0.455 e. The number of esters is 1. The molecular weight excluding hydrogens is 332 g/mol. The fourth-order valence-electron chi connectivity index (χ4n) is 1.77. The van der Waals surface area contributed by atoms with Crippen molar-refractivity contribution in [3.05, 3.63) is 64.7 Å². The van der Waals surface area contributed by atoms with Crippen LogP contribution in [0.5, 0.6) is 0 Å². The maximum Gasteiger partial charge on any atom is 0.316 e. The zero-order valence-electron chi connectivity index (χ0n) is 12.5. The van der Waals surface area contributed by atoms with Gasteiger partial charge in [-0.2, -0.15) is 0 Å². The number of nitro groups is 1. The minimum atomic E-state index is -0.637. The van der Waals surface area contributed by atoms with Gasteiger partial charge in [0.05, 0.1) is 10.7 Å². The molecule has 0 bridgehead atoms. The molecule has 0 atom stereocenters. The molecule has 0 fully saturated rings. The van der Waals surface area contributed by atoms with Crippen LogP contribution in [-0.4, -0.2) is 29.2 Å². The van der Waals surface area contributed by atoms with E-state index in [0.29, 0.717) is 0 Å². The lowest BCUT2D eigenvalue weighted by molar-refractivity contribution is -0.383. The summed E-state index contributed by atoms with van der Waals surface area (Å²) >= 11 is 1.29. The molecule has 0 saturated carbocycles. The number of hydrogen-bond acceptors (Lipinski definition) is 6. The van der Waals surface area contributed by atoms with E-state index >= 15 is 0 Å². The normalized spacial score (nSPS) is 10.0. The second kappa shape index (κ2) is 8.68. The molecule has 124 valence electrons. The monoisotopic (exact) mass is 346 g/mol. The Bertz CT molecular complexity index is 736. The number of nitro benzene ring substituents is 1. The molecule has 0 saturated heterocycles. The van der Waals surface area contributed by atoms with E-state index in [1.54, 1.807) is 6.07 Å². The number of hydrogen-bond donors (Lipinski definition) is 1. The Morgan fingerprint density at radius 3 is 2.46 bits per heavy atom. The van der Waals surface area contributed by atoms with Gasteiger partial charge < -0.3 is 10.1 Å². The summed E-state index contributed by atoms with van der Waals surface area (Å²) in [5, 5.41) is 13.2. The van der Waals surface area contributed by atoms with Crippen molar-refractivity contribution in [3.63, 3.8) is 0 Å². The number of amides is 1. The summed E-state index contributed by atoms with van der Waals surface area (Å²) in [6.45, 7) is -0.500. The van der Waals surface area contributed by atoms with Crippen molar-refractivity contribution >= 4 is 35.0 Å². The van der Waals surface area contributed by atoms with E-state index in [1.165, 1.54) is 30.0 Å². The molecule has 0 aliphatic carbocycles. The van der Waals surface area contributed by atoms with Gasteiger partial charge in [-0.1, -0.05) is 30.3 Å². The van der Waals surface area contributed by atoms with Crippen LogP contribution in [0.2, 0.25) is 0 Å². The molecule has 7 nitrogen and oxygen atoms in total. The van der Waals surface area contributed by atoms with Gasteiger partial charge in [0, 0.05) is 11.0 Å². The van der Waals surface area contributed by atoms with Crippen LogP contribution in [0.4, 0.5) is 11.4 Å². The number of carbonyl (C=O) groups excluding carboxylic acids is 2. The number of carbonyl (C=O) groups is 2. The third-order valence-corrected chi connectivity index (χ3v) is 3.82. The van der Waals surface area contributed by atoms with Gasteiger partial charge in [0.15, 0.2) is 6.61 Å². The van der Waals surface area contributed by atoms with Gasteiger partial charge in [-0.25, -0.2) is 0 Å². The molecule has 8 heteroatoms. The summed E-state index contributed by atoms with van der Waals surface area (Å²) < 4.78 is 4.86. The molecule has 2 aromatic rings. The quantitative estimate of drug-likeness (QED) is 0.358. The number of ether oxygens (including phenoxy) is 1. The maximum atomic E-state index is 11.7. The summed E-state index contributed by atoms with van der Waals surface area (Å²) in [6.07, 6.45) is 0. The Balaban J connectivity index is 1.79. The lowest BCUT2D eigenvalue weighted by atomic mass is 10.2. The fraction of sp³-hybridized carbons (Fsp3) is 0.125. The first kappa shape index (κ1) is 17.5. The Morgan fingerprint density at radius 1 is 1.08 bits per heavy atom. The predicted octanol–water partition coefficient (Wildman–Crippen LogP) is 2.87. The van der Waals surface area contributed by atoms with E-state index in [9.17, 15) is 19.7 Å². The van der Waals surface area contributed by atoms with E-state index in [1.807, 2.05) is 30.3 Å². The highest BCUT2D eigenvalue weighted by Gasteiger charge is 2.15. The molecule has 1 amide bonds. The molecule has 2 aromatic carbocycles. The van der Waals surface area contributed by atoms with E-state index in [2.05, 4.69) is 5.32 Å². The molecular formula is C16H14N2O5S. The zero-order chi connectivity index (χ0) is 17.4. The molecule has 0 heterocycles. The maximum absolute atomic E-state index is 11.7. The summed E-state index contributed by atoms with van der Waals surface area (Å²) in [7, 11) is 0. The van der Waals surface area contributed by atoms with Crippen molar-refractivity contribution in [2.24, 2.45) is 0 Å². The SMILES string of the molecule is O=C(COC(=O)CSc1ccccc1)Nc1ccccc1[N+](=O)[O-]. The fourth-order valence-corrected chi connectivity index (χ4v) is 2.49. The van der Waals surface area contributed by atoms with Gasteiger partial charge in [-0.3, -0.25) is 19.7 Å². The van der Waals surface area contributed by atoms with E-state index in [0.717, 1.165) is 4.90 Å². The van der Waals surface area contributed by atoms with Crippen molar-refractivity contribution in [1.82, 2.24) is 0 Å². The van der Waals surface area contributed by atoms with Crippen LogP contribution in [-0.2, 0) is 14.3 Å². The third kappa shape index (κ3) is 5.40. The van der Waals surface area contributed by atoms with Gasteiger partial charge in [-0.05, 0) is 18.2 Å². The summed E-state index contributed by atoms with van der Waals surface area (Å²) in [5.41, 5.74) is -0.168. The van der Waals surface area contributed by atoms with Crippen molar-refractivity contribution < 1.29 is 19.2 Å². The highest BCUT2D eigenvalue weighted by atomic mass is 32.2. The number of nitrogens with zero attached hydrogens (tertiary/aromatic N) is 1. The Kier molecular flexibility index (Phi) is 6.32. The number of benzene rings is 2. The van der Waals surface area contributed by atoms with E-state index in [-0.39, 0.29) is 17.1 Å². The summed E-state index contributed by atoms with van der Waals surface area (Å²) in [6, 6.07) is 15.0. The molecule has 0 aliphatic heterocycles. The van der Waals surface area contributed by atoms with Crippen molar-refractivity contribution in [2.75, 3.05) is 17.7 Å². The van der Waals surface area contributed by atoms with Gasteiger partial charge in [0.1, 0.15) is 5.69 Å². The van der Waals surface area contributed by atoms with Crippen LogP contribution >= 0.6 is 11.8 Å². The number of para-hydroxylation sites is 2. The molecule has 0 unspecified atom stereocenters. The predicted molar refractivity (Wildman–Crippen MR) is 89.9 cm³/mol. The lowest BCUT2D eigenvalue weighted by Gasteiger charge is -2.07. The topological polar surface area (TPSA) is 98.5 Å². The second-order valence-electron chi connectivity index (χ2n) is 4.58. The molecule has 0 radical (unpaired) electrons. The van der Waals surface area contributed by atoms with Crippen molar-refractivity contribution in [1.29, 1.82) is 0 Å².